The predicted octanol–water partition coefficient (Wildman–Crippen LogP) is 1.50. The largest absolute Gasteiger partial charge is 0.326 e. The Balaban J connectivity index is 1.57. The Labute approximate surface area is 123 Å². The van der Waals surface area contributed by atoms with E-state index in [1.54, 1.807) is 19.1 Å². The minimum Gasteiger partial charge on any atom is -0.326 e. The van der Waals surface area contributed by atoms with Gasteiger partial charge in [0.2, 0.25) is 15.9 Å². The normalized spacial score (nSPS) is 20.1. The standard InChI is InChI=1S/C14H17FN2O3S/c1-9-2-3-11(6-13(9)15)16-14(18)10-7-17(8-10)21(19,20)12-4-5-12/h2-3,6,10,12H,4-5,7-8H2,1H3,(H,16,18). The maximum absolute atomic E-state index is 13.4. The number of amides is 1. The minimum absolute atomic E-state index is 0.221. The molecule has 0 spiro atoms. The van der Waals surface area contributed by atoms with Crippen LogP contribution in [0.25, 0.3) is 0 Å². The fourth-order valence-electron chi connectivity index (χ4n) is 2.30. The first kappa shape index (κ1) is 14.5. The maximum atomic E-state index is 13.4. The maximum Gasteiger partial charge on any atom is 0.230 e. The molecule has 0 aromatic heterocycles. The molecule has 1 aliphatic carbocycles. The molecule has 5 nitrogen and oxygen atoms in total. The summed E-state index contributed by atoms with van der Waals surface area (Å²) in [6.45, 7) is 2.09. The Bertz CT molecular complexity index is 679. The summed E-state index contributed by atoms with van der Waals surface area (Å²) in [4.78, 5) is 12.0. The van der Waals surface area contributed by atoms with Gasteiger partial charge < -0.3 is 5.32 Å². The molecule has 0 bridgehead atoms. The summed E-state index contributed by atoms with van der Waals surface area (Å²) < 4.78 is 38.6. The molecular weight excluding hydrogens is 295 g/mol. The second-order valence-corrected chi connectivity index (χ2v) is 7.92. The zero-order chi connectivity index (χ0) is 15.2. The molecule has 21 heavy (non-hydrogen) atoms. The van der Waals surface area contributed by atoms with Gasteiger partial charge >= 0.3 is 0 Å². The van der Waals surface area contributed by atoms with Gasteiger partial charge in [-0.2, -0.15) is 4.31 Å². The van der Waals surface area contributed by atoms with Crippen molar-refractivity contribution in [1.82, 2.24) is 4.31 Å². The molecule has 3 rings (SSSR count). The van der Waals surface area contributed by atoms with Crippen LogP contribution in [0.1, 0.15) is 18.4 Å². The topological polar surface area (TPSA) is 66.5 Å². The van der Waals surface area contributed by atoms with Crippen molar-refractivity contribution in [2.24, 2.45) is 5.92 Å². The summed E-state index contributed by atoms with van der Waals surface area (Å²) in [5, 5.41) is 2.39. The minimum atomic E-state index is -3.19. The van der Waals surface area contributed by atoms with Gasteiger partial charge in [0.15, 0.2) is 0 Å². The first-order valence-electron chi connectivity index (χ1n) is 6.94. The van der Waals surface area contributed by atoms with Crippen LogP contribution in [0.3, 0.4) is 0 Å². The van der Waals surface area contributed by atoms with Crippen LogP contribution in [-0.2, 0) is 14.8 Å². The lowest BCUT2D eigenvalue weighted by Gasteiger charge is -2.37. The number of carbonyl (C=O) groups excluding carboxylic acids is 1. The third-order valence-electron chi connectivity index (χ3n) is 3.96. The van der Waals surface area contributed by atoms with E-state index in [0.717, 1.165) is 12.8 Å². The molecule has 1 amide bonds. The number of nitrogens with zero attached hydrogens (tertiary/aromatic N) is 1. The van der Waals surface area contributed by atoms with Gasteiger partial charge in [0.1, 0.15) is 5.82 Å². The molecule has 2 fully saturated rings. The lowest BCUT2D eigenvalue weighted by Crippen LogP contribution is -2.55. The van der Waals surface area contributed by atoms with Crippen molar-refractivity contribution in [3.05, 3.63) is 29.6 Å². The van der Waals surface area contributed by atoms with E-state index in [4.69, 9.17) is 0 Å². The van der Waals surface area contributed by atoms with Crippen LogP contribution in [0.15, 0.2) is 18.2 Å². The lowest BCUT2D eigenvalue weighted by molar-refractivity contribution is -0.122. The van der Waals surface area contributed by atoms with Gasteiger partial charge in [0, 0.05) is 18.8 Å². The molecule has 0 radical (unpaired) electrons. The number of carbonyl (C=O) groups is 1. The number of hydrogen-bond acceptors (Lipinski definition) is 3. The first-order valence-corrected chi connectivity index (χ1v) is 8.44. The molecule has 1 aliphatic heterocycles. The van der Waals surface area contributed by atoms with E-state index in [-0.39, 0.29) is 36.0 Å². The third-order valence-corrected chi connectivity index (χ3v) is 6.30. The van der Waals surface area contributed by atoms with Crippen molar-refractivity contribution < 1.29 is 17.6 Å². The molecule has 0 atom stereocenters. The molecule has 0 unspecified atom stereocenters. The van der Waals surface area contributed by atoms with Crippen LogP contribution in [0, 0.1) is 18.7 Å². The quantitative estimate of drug-likeness (QED) is 0.916. The van der Waals surface area contributed by atoms with Crippen molar-refractivity contribution in [3.63, 3.8) is 0 Å². The van der Waals surface area contributed by atoms with Crippen molar-refractivity contribution in [2.75, 3.05) is 18.4 Å². The summed E-state index contributed by atoms with van der Waals surface area (Å²) in [6.07, 6.45) is 1.44. The molecule has 1 aromatic rings. The average molecular weight is 312 g/mol. The second kappa shape index (κ2) is 5.06. The van der Waals surface area contributed by atoms with Gasteiger partial charge in [-0.25, -0.2) is 12.8 Å². The number of halogens is 1. The van der Waals surface area contributed by atoms with Crippen molar-refractivity contribution in [1.29, 1.82) is 0 Å². The number of hydrogen-bond donors (Lipinski definition) is 1. The van der Waals surface area contributed by atoms with Crippen molar-refractivity contribution in [2.45, 2.75) is 25.0 Å². The zero-order valence-corrected chi connectivity index (χ0v) is 12.5. The molecule has 1 aromatic carbocycles. The fraction of sp³-hybridized carbons (Fsp3) is 0.500. The molecular formula is C14H17FN2O3S. The number of benzene rings is 1. The molecule has 1 heterocycles. The number of sulfonamides is 1. The van der Waals surface area contributed by atoms with Crippen LogP contribution in [0.5, 0.6) is 0 Å². The molecule has 1 N–H and O–H groups in total. The molecule has 114 valence electrons. The smallest absolute Gasteiger partial charge is 0.230 e. The summed E-state index contributed by atoms with van der Waals surface area (Å²) in [7, 11) is -3.19. The fourth-order valence-corrected chi connectivity index (χ4v) is 4.23. The number of nitrogens with one attached hydrogen (secondary N) is 1. The molecule has 2 aliphatic rings. The highest BCUT2D eigenvalue weighted by atomic mass is 32.2. The molecule has 7 heteroatoms. The highest BCUT2D eigenvalue weighted by Gasteiger charge is 2.46. The number of rotatable bonds is 4. The highest BCUT2D eigenvalue weighted by molar-refractivity contribution is 7.90. The Morgan fingerprint density at radius 3 is 2.57 bits per heavy atom. The van der Waals surface area contributed by atoms with Gasteiger partial charge in [-0.3, -0.25) is 4.79 Å². The van der Waals surface area contributed by atoms with Gasteiger partial charge in [-0.1, -0.05) is 6.07 Å². The average Bonchev–Trinajstić information content (AvgIpc) is 3.15. The van der Waals surface area contributed by atoms with Crippen LogP contribution < -0.4 is 5.32 Å². The van der Waals surface area contributed by atoms with E-state index in [1.807, 2.05) is 0 Å². The number of aryl methyl sites for hydroxylation is 1. The third kappa shape index (κ3) is 2.80. The molecule has 1 saturated heterocycles. The van der Waals surface area contributed by atoms with E-state index in [2.05, 4.69) is 5.32 Å². The summed E-state index contributed by atoms with van der Waals surface area (Å²) >= 11 is 0. The summed E-state index contributed by atoms with van der Waals surface area (Å²) in [5.74, 6) is -0.997. The Kier molecular flexibility index (Phi) is 3.49. The van der Waals surface area contributed by atoms with Crippen LogP contribution in [-0.4, -0.2) is 37.0 Å². The first-order chi connectivity index (χ1) is 9.88. The highest BCUT2D eigenvalue weighted by Crippen LogP contribution is 2.34. The van der Waals surface area contributed by atoms with Crippen LogP contribution >= 0.6 is 0 Å². The zero-order valence-electron chi connectivity index (χ0n) is 11.7. The summed E-state index contributed by atoms with van der Waals surface area (Å²) in [6, 6.07) is 4.49. The molecule has 1 saturated carbocycles. The SMILES string of the molecule is Cc1ccc(NC(=O)C2CN(S(=O)(=O)C3CC3)C2)cc1F. The Morgan fingerprint density at radius 1 is 1.33 bits per heavy atom. The van der Waals surface area contributed by atoms with E-state index in [1.165, 1.54) is 10.4 Å². The number of anilines is 1. The van der Waals surface area contributed by atoms with E-state index < -0.39 is 10.0 Å². The Hall–Kier alpha value is -1.47. The second-order valence-electron chi connectivity index (χ2n) is 5.71. The summed E-state index contributed by atoms with van der Waals surface area (Å²) in [5.41, 5.74) is 0.907. The van der Waals surface area contributed by atoms with E-state index >= 15 is 0 Å². The van der Waals surface area contributed by atoms with Gasteiger partial charge in [-0.05, 0) is 37.5 Å². The van der Waals surface area contributed by atoms with Crippen LogP contribution in [0.4, 0.5) is 10.1 Å². The van der Waals surface area contributed by atoms with Crippen LogP contribution in [0.2, 0.25) is 0 Å². The van der Waals surface area contributed by atoms with Gasteiger partial charge in [0.05, 0.1) is 11.2 Å². The lowest BCUT2D eigenvalue weighted by atomic mass is 10.0. The van der Waals surface area contributed by atoms with Crippen molar-refractivity contribution in [3.8, 4) is 0 Å². The van der Waals surface area contributed by atoms with Gasteiger partial charge in [0.25, 0.3) is 0 Å². The van der Waals surface area contributed by atoms with E-state index in [0.29, 0.717) is 11.3 Å². The predicted molar refractivity (Wildman–Crippen MR) is 76.8 cm³/mol. The van der Waals surface area contributed by atoms with Crippen molar-refractivity contribution >= 4 is 21.6 Å². The van der Waals surface area contributed by atoms with Gasteiger partial charge in [-0.15, -0.1) is 0 Å². The monoisotopic (exact) mass is 312 g/mol. The Morgan fingerprint density at radius 2 is 2.00 bits per heavy atom. The van der Waals surface area contributed by atoms with E-state index in [9.17, 15) is 17.6 Å².